The Hall–Kier alpha value is -0.620. The number of rotatable bonds is 6. The van der Waals surface area contributed by atoms with E-state index in [-0.39, 0.29) is 11.5 Å². The molecule has 1 heterocycles. The molecule has 1 atom stereocenters. The summed E-state index contributed by atoms with van der Waals surface area (Å²) < 4.78 is 2.00. The van der Waals surface area contributed by atoms with Gasteiger partial charge in [-0.05, 0) is 32.4 Å². The van der Waals surface area contributed by atoms with Crippen molar-refractivity contribution in [1.82, 2.24) is 20.1 Å². The van der Waals surface area contributed by atoms with Crippen LogP contribution in [0.25, 0.3) is 0 Å². The summed E-state index contributed by atoms with van der Waals surface area (Å²) in [5, 5.41) is 5.13. The summed E-state index contributed by atoms with van der Waals surface area (Å²) in [7, 11) is 4.11. The van der Waals surface area contributed by atoms with Crippen molar-refractivity contribution in [3.8, 4) is 0 Å². The number of nitrogens with two attached hydrogens (primary N) is 1. The van der Waals surface area contributed by atoms with Crippen molar-refractivity contribution >= 4 is 11.6 Å². The molecule has 0 aromatic carbocycles. The second kappa shape index (κ2) is 6.43. The molecular formula is C14H26ClN5. The van der Waals surface area contributed by atoms with Gasteiger partial charge in [-0.15, -0.1) is 0 Å². The summed E-state index contributed by atoms with van der Waals surface area (Å²) >= 11 is 6.38. The molecule has 1 saturated carbocycles. The molecule has 0 amide bonds. The number of aromatic nitrogens is 2. The highest BCUT2D eigenvalue weighted by Gasteiger charge is 2.40. The maximum atomic E-state index is 6.38. The van der Waals surface area contributed by atoms with Gasteiger partial charge in [0.25, 0.3) is 0 Å². The molecule has 1 unspecified atom stereocenters. The maximum Gasteiger partial charge on any atom is 0.0834 e. The molecule has 6 heteroatoms. The lowest BCUT2D eigenvalue weighted by molar-refractivity contribution is 0.212. The minimum atomic E-state index is 0.0576. The smallest absolute Gasteiger partial charge is 0.0834 e. The second-order valence-electron chi connectivity index (χ2n) is 6.36. The zero-order valence-corrected chi connectivity index (χ0v) is 13.5. The molecule has 0 saturated heterocycles. The van der Waals surface area contributed by atoms with E-state index in [9.17, 15) is 0 Å². The van der Waals surface area contributed by atoms with E-state index < -0.39 is 0 Å². The lowest BCUT2D eigenvalue weighted by Crippen LogP contribution is -2.40. The van der Waals surface area contributed by atoms with E-state index in [0.29, 0.717) is 5.02 Å². The predicted octanol–water partition coefficient (Wildman–Crippen LogP) is 2.18. The van der Waals surface area contributed by atoms with Gasteiger partial charge in [0.1, 0.15) is 0 Å². The fourth-order valence-corrected chi connectivity index (χ4v) is 3.46. The van der Waals surface area contributed by atoms with Gasteiger partial charge in [0.2, 0.25) is 0 Å². The summed E-state index contributed by atoms with van der Waals surface area (Å²) in [5.74, 6) is 5.86. The molecule has 114 valence electrons. The summed E-state index contributed by atoms with van der Waals surface area (Å²) in [6, 6.07) is 0.0576. The molecular weight excluding hydrogens is 274 g/mol. The van der Waals surface area contributed by atoms with Gasteiger partial charge in [0.15, 0.2) is 0 Å². The van der Waals surface area contributed by atoms with Crippen LogP contribution in [0, 0.1) is 5.41 Å². The van der Waals surface area contributed by atoms with Crippen LogP contribution < -0.4 is 11.3 Å². The first-order valence-corrected chi connectivity index (χ1v) is 7.68. The quantitative estimate of drug-likeness (QED) is 0.624. The minimum Gasteiger partial charge on any atom is -0.308 e. The van der Waals surface area contributed by atoms with E-state index in [4.69, 9.17) is 17.4 Å². The van der Waals surface area contributed by atoms with Crippen molar-refractivity contribution in [3.63, 3.8) is 0 Å². The minimum absolute atomic E-state index is 0.0576. The van der Waals surface area contributed by atoms with E-state index in [1.807, 2.05) is 4.68 Å². The number of hydrazine groups is 1. The Kier molecular flexibility index (Phi) is 5.07. The van der Waals surface area contributed by atoms with Crippen molar-refractivity contribution in [1.29, 1.82) is 0 Å². The Balaban J connectivity index is 2.26. The van der Waals surface area contributed by atoms with Crippen molar-refractivity contribution in [2.75, 3.05) is 20.6 Å². The molecule has 1 aromatic rings. The number of nitrogens with one attached hydrogen (secondary N) is 1. The van der Waals surface area contributed by atoms with Crippen LogP contribution in [0.5, 0.6) is 0 Å². The number of hydrogen-bond donors (Lipinski definition) is 2. The first-order chi connectivity index (χ1) is 9.48. The number of halogens is 1. The van der Waals surface area contributed by atoms with E-state index in [0.717, 1.165) is 18.8 Å². The average molecular weight is 300 g/mol. The zero-order valence-electron chi connectivity index (χ0n) is 12.7. The standard InChI is InChI=1S/C14H26ClN5/c1-14(6-4-5-7-14)13(18-16)12-11(15)10-17-20(12)9-8-19(2)3/h10,13,18H,4-9,16H2,1-3H3. The highest BCUT2D eigenvalue weighted by atomic mass is 35.5. The molecule has 2 rings (SSSR count). The van der Waals surface area contributed by atoms with Gasteiger partial charge < -0.3 is 4.90 Å². The maximum absolute atomic E-state index is 6.38. The molecule has 3 N–H and O–H groups in total. The molecule has 5 nitrogen and oxygen atoms in total. The van der Waals surface area contributed by atoms with E-state index in [2.05, 4.69) is 36.4 Å². The summed E-state index contributed by atoms with van der Waals surface area (Å²) in [6.07, 6.45) is 6.61. The highest BCUT2D eigenvalue weighted by molar-refractivity contribution is 6.31. The Morgan fingerprint density at radius 3 is 2.70 bits per heavy atom. The van der Waals surface area contributed by atoms with Gasteiger partial charge in [-0.3, -0.25) is 16.0 Å². The summed E-state index contributed by atoms with van der Waals surface area (Å²) in [6.45, 7) is 4.05. The molecule has 1 aliphatic rings. The molecule has 0 radical (unpaired) electrons. The SMILES string of the molecule is CN(C)CCn1ncc(Cl)c1C(NN)C1(C)CCCC1. The summed E-state index contributed by atoms with van der Waals surface area (Å²) in [4.78, 5) is 2.14. The lowest BCUT2D eigenvalue weighted by atomic mass is 9.79. The normalized spacial score (nSPS) is 19.7. The van der Waals surface area contributed by atoms with E-state index in [1.54, 1.807) is 6.20 Å². The third-order valence-electron chi connectivity index (χ3n) is 4.48. The van der Waals surface area contributed by atoms with Gasteiger partial charge in [-0.2, -0.15) is 5.10 Å². The zero-order chi connectivity index (χ0) is 14.8. The Labute approximate surface area is 126 Å². The van der Waals surface area contributed by atoms with Gasteiger partial charge in [0, 0.05) is 6.54 Å². The first-order valence-electron chi connectivity index (χ1n) is 7.30. The van der Waals surface area contributed by atoms with Gasteiger partial charge in [-0.1, -0.05) is 31.4 Å². The first kappa shape index (κ1) is 15.8. The fourth-order valence-electron chi connectivity index (χ4n) is 3.21. The van der Waals surface area contributed by atoms with Crippen molar-refractivity contribution in [2.24, 2.45) is 11.3 Å². The molecule has 1 aliphatic carbocycles. The molecule has 1 aromatic heterocycles. The van der Waals surface area contributed by atoms with Crippen molar-refractivity contribution in [3.05, 3.63) is 16.9 Å². The van der Waals surface area contributed by atoms with Crippen LogP contribution in [-0.4, -0.2) is 35.3 Å². The number of nitrogens with zero attached hydrogens (tertiary/aromatic N) is 3. The Morgan fingerprint density at radius 1 is 1.50 bits per heavy atom. The van der Waals surface area contributed by atoms with Gasteiger partial charge in [-0.25, -0.2) is 0 Å². The van der Waals surface area contributed by atoms with E-state index >= 15 is 0 Å². The van der Waals surface area contributed by atoms with Crippen LogP contribution in [0.2, 0.25) is 5.02 Å². The molecule has 0 aliphatic heterocycles. The van der Waals surface area contributed by atoms with Crippen LogP contribution in [0.1, 0.15) is 44.3 Å². The van der Waals surface area contributed by atoms with Crippen molar-refractivity contribution < 1.29 is 0 Å². The molecule has 1 fully saturated rings. The van der Waals surface area contributed by atoms with Crippen molar-refractivity contribution in [2.45, 2.75) is 45.2 Å². The second-order valence-corrected chi connectivity index (χ2v) is 6.77. The summed E-state index contributed by atoms with van der Waals surface area (Å²) in [5.41, 5.74) is 4.19. The predicted molar refractivity (Wildman–Crippen MR) is 82.4 cm³/mol. The van der Waals surface area contributed by atoms with Crippen LogP contribution in [-0.2, 0) is 6.54 Å². The third kappa shape index (κ3) is 3.17. The lowest BCUT2D eigenvalue weighted by Gasteiger charge is -2.34. The van der Waals surface area contributed by atoms with Gasteiger partial charge >= 0.3 is 0 Å². The Bertz CT molecular complexity index is 437. The third-order valence-corrected chi connectivity index (χ3v) is 4.77. The van der Waals surface area contributed by atoms with Crippen LogP contribution in [0.3, 0.4) is 0 Å². The van der Waals surface area contributed by atoms with Gasteiger partial charge in [0.05, 0.1) is 29.5 Å². The van der Waals surface area contributed by atoms with E-state index in [1.165, 1.54) is 25.7 Å². The molecule has 0 spiro atoms. The molecule has 0 bridgehead atoms. The van der Waals surface area contributed by atoms with Crippen LogP contribution >= 0.6 is 11.6 Å². The molecule has 20 heavy (non-hydrogen) atoms. The number of hydrogen-bond acceptors (Lipinski definition) is 4. The Morgan fingerprint density at radius 2 is 2.15 bits per heavy atom. The largest absolute Gasteiger partial charge is 0.308 e. The van der Waals surface area contributed by atoms with Crippen LogP contribution in [0.4, 0.5) is 0 Å². The number of likely N-dealkylation sites (N-methyl/N-ethyl adjacent to an activating group) is 1. The average Bonchev–Trinajstić information content (AvgIpc) is 2.97. The monoisotopic (exact) mass is 299 g/mol. The highest BCUT2D eigenvalue weighted by Crippen LogP contribution is 2.48. The topological polar surface area (TPSA) is 59.1 Å². The van der Waals surface area contributed by atoms with Crippen LogP contribution in [0.15, 0.2) is 6.20 Å². The fraction of sp³-hybridized carbons (Fsp3) is 0.786.